The van der Waals surface area contributed by atoms with Gasteiger partial charge in [-0.25, -0.2) is 0 Å². The van der Waals surface area contributed by atoms with E-state index in [1.807, 2.05) is 44.2 Å². The maximum Gasteiger partial charge on any atom is 0.292 e. The Labute approximate surface area is 126 Å². The predicted molar refractivity (Wildman–Crippen MR) is 84.0 cm³/mol. The van der Waals surface area contributed by atoms with Crippen LogP contribution in [0.1, 0.15) is 16.7 Å². The summed E-state index contributed by atoms with van der Waals surface area (Å²) in [5.41, 5.74) is 3.69. The Balaban J connectivity index is 2.24. The Morgan fingerprint density at radius 3 is 2.55 bits per heavy atom. The number of nitrogens with one attached hydrogen (secondary N) is 1. The summed E-state index contributed by atoms with van der Waals surface area (Å²) in [5, 5.41) is 14.3. The molecule has 0 amide bonds. The molecule has 20 heavy (non-hydrogen) atoms. The van der Waals surface area contributed by atoms with E-state index in [2.05, 4.69) is 21.2 Å². The number of hydrogen-bond donors (Lipinski definition) is 1. The van der Waals surface area contributed by atoms with Gasteiger partial charge >= 0.3 is 0 Å². The molecular formula is C15H15BrN2O2. The van der Waals surface area contributed by atoms with Crippen molar-refractivity contribution in [3.63, 3.8) is 0 Å². The molecular weight excluding hydrogens is 320 g/mol. The van der Waals surface area contributed by atoms with Crippen molar-refractivity contribution >= 4 is 27.3 Å². The topological polar surface area (TPSA) is 55.2 Å². The molecule has 2 aromatic rings. The molecule has 0 aromatic heterocycles. The molecule has 0 aliphatic rings. The van der Waals surface area contributed by atoms with Gasteiger partial charge in [0.25, 0.3) is 5.69 Å². The van der Waals surface area contributed by atoms with E-state index in [9.17, 15) is 10.1 Å². The first kappa shape index (κ1) is 14.5. The molecule has 2 rings (SSSR count). The van der Waals surface area contributed by atoms with Crippen molar-refractivity contribution in [1.82, 2.24) is 0 Å². The molecule has 104 valence electrons. The first-order valence-corrected chi connectivity index (χ1v) is 7.00. The lowest BCUT2D eigenvalue weighted by atomic mass is 10.1. The smallest absolute Gasteiger partial charge is 0.292 e. The number of anilines is 1. The van der Waals surface area contributed by atoms with Gasteiger partial charge in [0.05, 0.1) is 4.92 Å². The van der Waals surface area contributed by atoms with E-state index in [0.29, 0.717) is 12.2 Å². The lowest BCUT2D eigenvalue weighted by Gasteiger charge is -2.10. The van der Waals surface area contributed by atoms with Crippen LogP contribution in [-0.2, 0) is 6.54 Å². The molecule has 0 atom stereocenters. The summed E-state index contributed by atoms with van der Waals surface area (Å²) in [6, 6.07) is 11.3. The van der Waals surface area contributed by atoms with Gasteiger partial charge < -0.3 is 5.32 Å². The zero-order chi connectivity index (χ0) is 14.7. The fourth-order valence-electron chi connectivity index (χ4n) is 1.94. The van der Waals surface area contributed by atoms with Crippen LogP contribution in [0.15, 0.2) is 40.9 Å². The Morgan fingerprint density at radius 1 is 1.20 bits per heavy atom. The lowest BCUT2D eigenvalue weighted by Crippen LogP contribution is -2.03. The third-order valence-corrected chi connectivity index (χ3v) is 3.67. The van der Waals surface area contributed by atoms with Crippen molar-refractivity contribution in [3.8, 4) is 0 Å². The average Bonchev–Trinajstić information content (AvgIpc) is 2.39. The quantitative estimate of drug-likeness (QED) is 0.657. The van der Waals surface area contributed by atoms with E-state index >= 15 is 0 Å². The SMILES string of the molecule is Cc1cc(NCc2cccc(Br)c2)c([N+](=O)[O-])cc1C. The number of hydrogen-bond acceptors (Lipinski definition) is 3. The number of nitro groups is 1. The van der Waals surface area contributed by atoms with Crippen LogP contribution in [0, 0.1) is 24.0 Å². The van der Waals surface area contributed by atoms with Crippen LogP contribution in [0.5, 0.6) is 0 Å². The molecule has 0 saturated heterocycles. The van der Waals surface area contributed by atoms with Crippen LogP contribution in [-0.4, -0.2) is 4.92 Å². The number of nitro benzene ring substituents is 1. The standard InChI is InChI=1S/C15H15BrN2O2/c1-10-6-14(15(18(19)20)7-11(10)2)17-9-12-4-3-5-13(16)8-12/h3-8,17H,9H2,1-2H3. The van der Waals surface area contributed by atoms with Crippen molar-refractivity contribution in [1.29, 1.82) is 0 Å². The lowest BCUT2D eigenvalue weighted by molar-refractivity contribution is -0.384. The molecule has 0 radical (unpaired) electrons. The molecule has 0 aliphatic heterocycles. The third kappa shape index (κ3) is 3.36. The van der Waals surface area contributed by atoms with Gasteiger partial charge in [-0.1, -0.05) is 28.1 Å². The number of halogens is 1. The molecule has 0 fully saturated rings. The fraction of sp³-hybridized carbons (Fsp3) is 0.200. The number of nitrogens with zero attached hydrogens (tertiary/aromatic N) is 1. The highest BCUT2D eigenvalue weighted by atomic mass is 79.9. The Morgan fingerprint density at radius 2 is 1.90 bits per heavy atom. The Kier molecular flexibility index (Phi) is 4.39. The highest BCUT2D eigenvalue weighted by Gasteiger charge is 2.15. The normalized spacial score (nSPS) is 10.3. The third-order valence-electron chi connectivity index (χ3n) is 3.18. The summed E-state index contributed by atoms with van der Waals surface area (Å²) in [6.07, 6.45) is 0. The first-order valence-electron chi connectivity index (χ1n) is 6.21. The minimum Gasteiger partial charge on any atom is -0.375 e. The van der Waals surface area contributed by atoms with Gasteiger partial charge in [-0.05, 0) is 48.7 Å². The van der Waals surface area contributed by atoms with Crippen LogP contribution >= 0.6 is 15.9 Å². The number of benzene rings is 2. The van der Waals surface area contributed by atoms with E-state index in [-0.39, 0.29) is 10.6 Å². The second-order valence-corrected chi connectivity index (χ2v) is 5.61. The Bertz CT molecular complexity index is 656. The van der Waals surface area contributed by atoms with Gasteiger partial charge in [0.2, 0.25) is 0 Å². The maximum atomic E-state index is 11.1. The number of rotatable bonds is 4. The van der Waals surface area contributed by atoms with Crippen LogP contribution in [0.2, 0.25) is 0 Å². The van der Waals surface area contributed by atoms with E-state index in [4.69, 9.17) is 0 Å². The van der Waals surface area contributed by atoms with Crippen LogP contribution in [0.25, 0.3) is 0 Å². The number of aryl methyl sites for hydroxylation is 2. The fourth-order valence-corrected chi connectivity index (χ4v) is 2.38. The predicted octanol–water partition coefficient (Wildman–Crippen LogP) is 4.59. The van der Waals surface area contributed by atoms with Gasteiger partial charge in [-0.2, -0.15) is 0 Å². The molecule has 0 aliphatic carbocycles. The summed E-state index contributed by atoms with van der Waals surface area (Å²) in [6.45, 7) is 4.37. The molecule has 5 heteroatoms. The molecule has 0 heterocycles. The van der Waals surface area contributed by atoms with E-state index in [0.717, 1.165) is 21.2 Å². The van der Waals surface area contributed by atoms with Gasteiger partial charge in [0.15, 0.2) is 0 Å². The van der Waals surface area contributed by atoms with E-state index in [1.165, 1.54) is 0 Å². The highest BCUT2D eigenvalue weighted by molar-refractivity contribution is 9.10. The van der Waals surface area contributed by atoms with Crippen molar-refractivity contribution in [2.75, 3.05) is 5.32 Å². The van der Waals surface area contributed by atoms with Crippen LogP contribution < -0.4 is 5.32 Å². The summed E-state index contributed by atoms with van der Waals surface area (Å²) < 4.78 is 0.992. The summed E-state index contributed by atoms with van der Waals surface area (Å²) in [4.78, 5) is 10.8. The molecule has 0 bridgehead atoms. The molecule has 4 nitrogen and oxygen atoms in total. The van der Waals surface area contributed by atoms with Crippen molar-refractivity contribution < 1.29 is 4.92 Å². The van der Waals surface area contributed by atoms with Crippen molar-refractivity contribution in [3.05, 3.63) is 67.7 Å². The average molecular weight is 335 g/mol. The molecule has 1 N–H and O–H groups in total. The van der Waals surface area contributed by atoms with Gasteiger partial charge in [0.1, 0.15) is 5.69 Å². The minimum absolute atomic E-state index is 0.114. The molecule has 2 aromatic carbocycles. The van der Waals surface area contributed by atoms with Gasteiger partial charge in [-0.3, -0.25) is 10.1 Å². The first-order chi connectivity index (χ1) is 9.47. The largest absolute Gasteiger partial charge is 0.375 e. The van der Waals surface area contributed by atoms with Crippen LogP contribution in [0.4, 0.5) is 11.4 Å². The second-order valence-electron chi connectivity index (χ2n) is 4.69. The maximum absolute atomic E-state index is 11.1. The second kappa shape index (κ2) is 6.05. The summed E-state index contributed by atoms with van der Waals surface area (Å²) >= 11 is 3.41. The van der Waals surface area contributed by atoms with Crippen LogP contribution in [0.3, 0.4) is 0 Å². The zero-order valence-electron chi connectivity index (χ0n) is 11.3. The zero-order valence-corrected chi connectivity index (χ0v) is 12.9. The molecule has 0 spiro atoms. The van der Waals surface area contributed by atoms with Gasteiger partial charge in [-0.15, -0.1) is 0 Å². The monoisotopic (exact) mass is 334 g/mol. The van der Waals surface area contributed by atoms with Crippen molar-refractivity contribution in [2.24, 2.45) is 0 Å². The van der Waals surface area contributed by atoms with Crippen molar-refractivity contribution in [2.45, 2.75) is 20.4 Å². The van der Waals surface area contributed by atoms with E-state index in [1.54, 1.807) is 6.07 Å². The molecule has 0 saturated carbocycles. The Hall–Kier alpha value is -1.88. The summed E-state index contributed by atoms with van der Waals surface area (Å²) in [5.74, 6) is 0. The van der Waals surface area contributed by atoms with E-state index < -0.39 is 0 Å². The minimum atomic E-state index is -0.352. The molecule has 0 unspecified atom stereocenters. The van der Waals surface area contributed by atoms with Gasteiger partial charge in [0, 0.05) is 17.1 Å². The highest BCUT2D eigenvalue weighted by Crippen LogP contribution is 2.28. The summed E-state index contributed by atoms with van der Waals surface area (Å²) in [7, 11) is 0.